The van der Waals surface area contributed by atoms with E-state index >= 15 is 0 Å². The molecule has 0 N–H and O–H groups in total. The average Bonchev–Trinajstić information content (AvgIpc) is 3.08. The highest BCUT2D eigenvalue weighted by molar-refractivity contribution is 14.1. The predicted molar refractivity (Wildman–Crippen MR) is 149 cm³/mol. The molecule has 3 aromatic rings. The van der Waals surface area contributed by atoms with Gasteiger partial charge in [-0.15, -0.1) is 0 Å². The smallest absolute Gasteiger partial charge is 0.293 e. The lowest BCUT2D eigenvalue weighted by molar-refractivity contribution is -0.123. The molecule has 1 heterocycles. The number of thioether (sulfide) groups is 1. The number of halogens is 4. The van der Waals surface area contributed by atoms with E-state index in [9.17, 15) is 9.59 Å². The van der Waals surface area contributed by atoms with E-state index < -0.39 is 0 Å². The molecule has 1 aliphatic rings. The molecule has 3 aromatic carbocycles. The Kier molecular flexibility index (Phi) is 8.54. The molecule has 0 aromatic heterocycles. The van der Waals surface area contributed by atoms with Gasteiger partial charge < -0.3 is 9.47 Å². The second-order valence-corrected chi connectivity index (χ2v) is 10.8. The van der Waals surface area contributed by atoms with E-state index in [1.54, 1.807) is 43.5 Å². The van der Waals surface area contributed by atoms with E-state index in [0.29, 0.717) is 42.6 Å². The number of rotatable bonds is 7. The van der Waals surface area contributed by atoms with Gasteiger partial charge in [0.15, 0.2) is 11.5 Å². The summed E-state index contributed by atoms with van der Waals surface area (Å²) in [7, 11) is 1.54. The normalized spacial score (nSPS) is 14.7. The lowest BCUT2D eigenvalue weighted by Crippen LogP contribution is -2.27. The zero-order valence-electron chi connectivity index (χ0n) is 18.2. The van der Waals surface area contributed by atoms with Crippen molar-refractivity contribution >= 4 is 86.4 Å². The lowest BCUT2D eigenvalue weighted by atomic mass is 10.1. The SMILES string of the molecule is COc1cc(/C=C2/SC(=O)N(Cc3ccc(Cl)cc3Cl)C2=O)cc(I)c1OCc1ccccc1Cl. The first-order chi connectivity index (χ1) is 16.8. The van der Waals surface area contributed by atoms with E-state index in [0.717, 1.165) is 25.8 Å². The Hall–Kier alpha value is -1.91. The van der Waals surface area contributed by atoms with Crippen molar-refractivity contribution in [2.75, 3.05) is 7.11 Å². The zero-order valence-corrected chi connectivity index (χ0v) is 23.4. The molecule has 0 spiro atoms. The van der Waals surface area contributed by atoms with Crippen molar-refractivity contribution in [1.29, 1.82) is 0 Å². The minimum atomic E-state index is -0.390. The second-order valence-electron chi connectivity index (χ2n) is 7.42. The number of carbonyl (C=O) groups excluding carboxylic acids is 2. The summed E-state index contributed by atoms with van der Waals surface area (Å²) >= 11 is 21.4. The van der Waals surface area contributed by atoms with Gasteiger partial charge in [-0.2, -0.15) is 0 Å². The van der Waals surface area contributed by atoms with Crippen LogP contribution in [0, 0.1) is 3.57 Å². The van der Waals surface area contributed by atoms with Gasteiger partial charge >= 0.3 is 0 Å². The third kappa shape index (κ3) is 6.09. The molecule has 4 rings (SSSR count). The van der Waals surface area contributed by atoms with Gasteiger partial charge in [0.2, 0.25) is 0 Å². The first-order valence-corrected chi connectivity index (χ1v) is 13.2. The van der Waals surface area contributed by atoms with E-state index in [-0.39, 0.29) is 24.3 Å². The number of imide groups is 1. The Morgan fingerprint density at radius 3 is 2.49 bits per heavy atom. The first-order valence-electron chi connectivity index (χ1n) is 10.2. The average molecular weight is 661 g/mol. The molecule has 1 fully saturated rings. The van der Waals surface area contributed by atoms with Crippen LogP contribution < -0.4 is 9.47 Å². The fourth-order valence-electron chi connectivity index (χ4n) is 3.34. The molecule has 1 saturated heterocycles. The van der Waals surface area contributed by atoms with Gasteiger partial charge in [-0.3, -0.25) is 14.5 Å². The number of ether oxygens (including phenoxy) is 2. The highest BCUT2D eigenvalue weighted by atomic mass is 127. The number of amides is 2. The molecule has 0 bridgehead atoms. The van der Waals surface area contributed by atoms with Crippen LogP contribution in [0.2, 0.25) is 15.1 Å². The third-order valence-corrected chi connectivity index (χ3v) is 7.76. The number of carbonyl (C=O) groups is 2. The molecule has 0 unspecified atom stereocenters. The van der Waals surface area contributed by atoms with Crippen LogP contribution in [0.5, 0.6) is 11.5 Å². The molecule has 0 aliphatic carbocycles. The van der Waals surface area contributed by atoms with Gasteiger partial charge in [0, 0.05) is 20.6 Å². The van der Waals surface area contributed by atoms with E-state index in [1.807, 2.05) is 24.3 Å². The van der Waals surface area contributed by atoms with Crippen LogP contribution in [0.1, 0.15) is 16.7 Å². The fraction of sp³-hybridized carbons (Fsp3) is 0.120. The van der Waals surface area contributed by atoms with Crippen LogP contribution in [0.3, 0.4) is 0 Å². The highest BCUT2D eigenvalue weighted by Crippen LogP contribution is 2.38. The molecule has 0 atom stereocenters. The summed E-state index contributed by atoms with van der Waals surface area (Å²) in [6.07, 6.45) is 1.66. The monoisotopic (exact) mass is 659 g/mol. The van der Waals surface area contributed by atoms with Gasteiger partial charge in [0.25, 0.3) is 11.1 Å². The Morgan fingerprint density at radius 2 is 1.77 bits per heavy atom. The topological polar surface area (TPSA) is 55.8 Å². The van der Waals surface area contributed by atoms with Crippen molar-refractivity contribution in [3.05, 3.63) is 94.8 Å². The Balaban J connectivity index is 1.54. The molecular weight excluding hydrogens is 644 g/mol. The second kappa shape index (κ2) is 11.4. The molecule has 180 valence electrons. The van der Waals surface area contributed by atoms with Gasteiger partial charge in [-0.05, 0) is 81.9 Å². The minimum absolute atomic E-state index is 0.0632. The summed E-state index contributed by atoms with van der Waals surface area (Å²) in [5.74, 6) is 0.678. The van der Waals surface area contributed by atoms with Gasteiger partial charge in [-0.25, -0.2) is 0 Å². The number of hydrogen-bond donors (Lipinski definition) is 0. The number of hydrogen-bond acceptors (Lipinski definition) is 5. The number of nitrogens with zero attached hydrogens (tertiary/aromatic N) is 1. The minimum Gasteiger partial charge on any atom is -0.493 e. The summed E-state index contributed by atoms with van der Waals surface area (Å²) in [6, 6.07) is 16.0. The first kappa shape index (κ1) is 26.2. The molecule has 0 radical (unpaired) electrons. The van der Waals surface area contributed by atoms with Gasteiger partial charge in [0.05, 0.1) is 22.1 Å². The van der Waals surface area contributed by atoms with E-state index in [4.69, 9.17) is 44.3 Å². The fourth-order valence-corrected chi connectivity index (χ4v) is 5.61. The van der Waals surface area contributed by atoms with E-state index in [2.05, 4.69) is 22.6 Å². The zero-order chi connectivity index (χ0) is 25.1. The predicted octanol–water partition coefficient (Wildman–Crippen LogP) is 8.08. The van der Waals surface area contributed by atoms with Crippen molar-refractivity contribution in [2.24, 2.45) is 0 Å². The quantitative estimate of drug-likeness (QED) is 0.190. The summed E-state index contributed by atoms with van der Waals surface area (Å²) < 4.78 is 12.3. The third-order valence-electron chi connectivity index (χ3n) is 5.10. The molecule has 0 saturated carbocycles. The molecule has 2 amide bonds. The molecule has 35 heavy (non-hydrogen) atoms. The van der Waals surface area contributed by atoms with Crippen LogP contribution in [0.25, 0.3) is 6.08 Å². The van der Waals surface area contributed by atoms with Crippen molar-refractivity contribution in [2.45, 2.75) is 13.2 Å². The Bertz CT molecular complexity index is 1350. The summed E-state index contributed by atoms with van der Waals surface area (Å²) in [4.78, 5) is 27.0. The van der Waals surface area contributed by atoms with Crippen LogP contribution in [0.4, 0.5) is 4.79 Å². The van der Waals surface area contributed by atoms with Crippen LogP contribution in [0.15, 0.2) is 59.5 Å². The van der Waals surface area contributed by atoms with Crippen LogP contribution in [-0.4, -0.2) is 23.2 Å². The maximum Gasteiger partial charge on any atom is 0.293 e. The summed E-state index contributed by atoms with van der Waals surface area (Å²) in [5.41, 5.74) is 2.19. The highest BCUT2D eigenvalue weighted by Gasteiger charge is 2.35. The number of methoxy groups -OCH3 is 1. The Morgan fingerprint density at radius 1 is 1.00 bits per heavy atom. The van der Waals surface area contributed by atoms with Gasteiger partial charge in [0.1, 0.15) is 6.61 Å². The summed E-state index contributed by atoms with van der Waals surface area (Å²) in [5, 5.41) is 1.13. The van der Waals surface area contributed by atoms with Crippen molar-refractivity contribution in [3.8, 4) is 11.5 Å². The molecule has 1 aliphatic heterocycles. The Labute approximate surface area is 235 Å². The van der Waals surface area contributed by atoms with Crippen molar-refractivity contribution in [1.82, 2.24) is 4.90 Å². The largest absolute Gasteiger partial charge is 0.493 e. The van der Waals surface area contributed by atoms with Crippen molar-refractivity contribution in [3.63, 3.8) is 0 Å². The molecule has 10 heteroatoms. The van der Waals surface area contributed by atoms with Crippen LogP contribution >= 0.6 is 69.2 Å². The summed E-state index contributed by atoms with van der Waals surface area (Å²) in [6.45, 7) is 0.339. The van der Waals surface area contributed by atoms with Crippen molar-refractivity contribution < 1.29 is 19.1 Å². The standard InChI is InChI=1S/C25H17Cl3INO4S/c1-33-21-9-14(8-20(29)23(21)34-13-16-4-2-3-5-18(16)27)10-22-24(31)30(25(32)35-22)12-15-6-7-17(26)11-19(15)28/h2-11H,12-13H2,1H3/b22-10+. The van der Waals surface area contributed by atoms with Gasteiger partial charge in [-0.1, -0.05) is 59.1 Å². The van der Waals surface area contributed by atoms with E-state index in [1.165, 1.54) is 0 Å². The number of benzene rings is 3. The molecular formula is C25H17Cl3INO4S. The maximum absolute atomic E-state index is 13.0. The molecule has 5 nitrogen and oxygen atoms in total. The van der Waals surface area contributed by atoms with Crippen LogP contribution in [-0.2, 0) is 17.9 Å². The maximum atomic E-state index is 13.0. The lowest BCUT2D eigenvalue weighted by Gasteiger charge is -2.15.